The van der Waals surface area contributed by atoms with Crippen LogP contribution in [0.3, 0.4) is 0 Å². The average molecular weight is 252 g/mol. The second-order valence-corrected chi connectivity index (χ2v) is 5.03. The Labute approximate surface area is 102 Å². The Morgan fingerprint density at radius 1 is 1.44 bits per heavy atom. The van der Waals surface area contributed by atoms with Gasteiger partial charge in [0.25, 0.3) is 0 Å². The van der Waals surface area contributed by atoms with E-state index in [9.17, 15) is 0 Å². The maximum absolute atomic E-state index is 5.93. The molecule has 0 aliphatic carbocycles. The minimum Gasteiger partial charge on any atom is -0.329 e. The lowest BCUT2D eigenvalue weighted by Gasteiger charge is -2.18. The number of halogens is 1. The number of hydrogen-bond donors (Lipinski definition) is 0. The fourth-order valence-corrected chi connectivity index (χ4v) is 2.99. The predicted octanol–water partition coefficient (Wildman–Crippen LogP) is 3.46. The van der Waals surface area contributed by atoms with E-state index in [1.54, 1.807) is 11.3 Å². The van der Waals surface area contributed by atoms with Gasteiger partial charge in [0.05, 0.1) is 10.2 Å². The van der Waals surface area contributed by atoms with Crippen LogP contribution in [0.15, 0.2) is 23.7 Å². The normalized spacial score (nSPS) is 16.3. The molecule has 1 saturated heterocycles. The molecule has 3 rings (SSSR count). The lowest BCUT2D eigenvalue weighted by atomic mass is 10.3. The van der Waals surface area contributed by atoms with Gasteiger partial charge in [-0.2, -0.15) is 4.98 Å². The van der Waals surface area contributed by atoms with Gasteiger partial charge in [0.15, 0.2) is 5.82 Å². The van der Waals surface area contributed by atoms with Gasteiger partial charge in [-0.3, -0.25) is 0 Å². The number of aromatic nitrogens is 2. The van der Waals surface area contributed by atoms with E-state index in [0.717, 1.165) is 41.1 Å². The molecule has 0 atom stereocenters. The Kier molecular flexibility index (Phi) is 2.33. The predicted molar refractivity (Wildman–Crippen MR) is 68.1 cm³/mol. The standard InChI is InChI=1S/C11H10ClN3S/c1-7-3-2-5-15(7)10-9-8(4-6-16-9)13-11(12)14-10/h4,6H,1-3,5H2. The molecule has 0 N–H and O–H groups in total. The first kappa shape index (κ1) is 10.1. The Bertz CT molecular complexity index is 563. The number of anilines is 1. The van der Waals surface area contributed by atoms with E-state index in [2.05, 4.69) is 21.4 Å². The van der Waals surface area contributed by atoms with Crippen LogP contribution in [0.5, 0.6) is 0 Å². The molecule has 1 aliphatic rings. The Balaban J connectivity index is 2.21. The fraction of sp³-hybridized carbons (Fsp3) is 0.273. The first-order chi connectivity index (χ1) is 7.75. The van der Waals surface area contributed by atoms with E-state index in [1.165, 1.54) is 0 Å². The molecule has 0 saturated carbocycles. The van der Waals surface area contributed by atoms with Crippen molar-refractivity contribution in [2.24, 2.45) is 0 Å². The summed E-state index contributed by atoms with van der Waals surface area (Å²) in [6.07, 6.45) is 2.17. The summed E-state index contributed by atoms with van der Waals surface area (Å²) in [6.45, 7) is 5.03. The van der Waals surface area contributed by atoms with Gasteiger partial charge in [0, 0.05) is 12.2 Å². The highest BCUT2D eigenvalue weighted by atomic mass is 35.5. The number of rotatable bonds is 1. The molecule has 0 aromatic carbocycles. The van der Waals surface area contributed by atoms with Gasteiger partial charge in [0.1, 0.15) is 0 Å². The Hall–Kier alpha value is -1.13. The first-order valence-corrected chi connectivity index (χ1v) is 6.37. The highest BCUT2D eigenvalue weighted by Gasteiger charge is 2.21. The molecule has 0 bridgehead atoms. The second-order valence-electron chi connectivity index (χ2n) is 3.77. The van der Waals surface area contributed by atoms with Crippen LogP contribution in [0.25, 0.3) is 10.2 Å². The topological polar surface area (TPSA) is 29.0 Å². The van der Waals surface area contributed by atoms with E-state index < -0.39 is 0 Å². The molecule has 0 spiro atoms. The van der Waals surface area contributed by atoms with Crippen LogP contribution in [0.2, 0.25) is 5.28 Å². The van der Waals surface area contributed by atoms with E-state index >= 15 is 0 Å². The van der Waals surface area contributed by atoms with Crippen molar-refractivity contribution in [3.05, 3.63) is 29.0 Å². The minimum absolute atomic E-state index is 0.306. The molecule has 82 valence electrons. The van der Waals surface area contributed by atoms with Crippen molar-refractivity contribution in [3.63, 3.8) is 0 Å². The van der Waals surface area contributed by atoms with Gasteiger partial charge in [0.2, 0.25) is 5.28 Å². The summed E-state index contributed by atoms with van der Waals surface area (Å²) in [4.78, 5) is 10.7. The van der Waals surface area contributed by atoms with E-state index in [1.807, 2.05) is 11.4 Å². The van der Waals surface area contributed by atoms with Crippen molar-refractivity contribution in [3.8, 4) is 0 Å². The van der Waals surface area contributed by atoms with Crippen molar-refractivity contribution in [2.75, 3.05) is 11.4 Å². The van der Waals surface area contributed by atoms with Crippen LogP contribution >= 0.6 is 22.9 Å². The Morgan fingerprint density at radius 3 is 3.06 bits per heavy atom. The highest BCUT2D eigenvalue weighted by Crippen LogP contribution is 2.34. The summed E-state index contributed by atoms with van der Waals surface area (Å²) in [6, 6.07) is 1.97. The second kappa shape index (κ2) is 3.71. The molecule has 3 heterocycles. The highest BCUT2D eigenvalue weighted by molar-refractivity contribution is 7.17. The molecule has 5 heteroatoms. The maximum atomic E-state index is 5.93. The summed E-state index contributed by atoms with van der Waals surface area (Å²) >= 11 is 7.58. The number of nitrogens with zero attached hydrogens (tertiary/aromatic N) is 3. The van der Waals surface area contributed by atoms with Crippen LogP contribution in [-0.2, 0) is 0 Å². The van der Waals surface area contributed by atoms with E-state index in [4.69, 9.17) is 11.6 Å². The number of allylic oxidation sites excluding steroid dienone is 1. The van der Waals surface area contributed by atoms with Crippen LogP contribution in [-0.4, -0.2) is 16.5 Å². The molecule has 1 fully saturated rings. The lowest BCUT2D eigenvalue weighted by molar-refractivity contribution is 0.946. The monoisotopic (exact) mass is 251 g/mol. The summed E-state index contributed by atoms with van der Waals surface area (Å²) in [5.41, 5.74) is 2.03. The third-order valence-corrected chi connectivity index (χ3v) is 3.81. The molecule has 1 aliphatic heterocycles. The molecule has 0 amide bonds. The molecular formula is C11H10ClN3S. The SMILES string of the molecule is C=C1CCCN1c1nc(Cl)nc2ccsc12. The molecule has 3 nitrogen and oxygen atoms in total. The van der Waals surface area contributed by atoms with E-state index in [-0.39, 0.29) is 0 Å². The molecule has 16 heavy (non-hydrogen) atoms. The summed E-state index contributed by atoms with van der Waals surface area (Å²) in [7, 11) is 0. The van der Waals surface area contributed by atoms with E-state index in [0.29, 0.717) is 5.28 Å². The largest absolute Gasteiger partial charge is 0.329 e. The van der Waals surface area contributed by atoms with Crippen LogP contribution in [0.1, 0.15) is 12.8 Å². The average Bonchev–Trinajstić information content (AvgIpc) is 2.84. The van der Waals surface area contributed by atoms with Gasteiger partial charge in [-0.15, -0.1) is 11.3 Å². The van der Waals surface area contributed by atoms with Crippen LogP contribution in [0.4, 0.5) is 5.82 Å². The number of thiophene rings is 1. The van der Waals surface area contributed by atoms with Crippen LogP contribution < -0.4 is 4.90 Å². The molecule has 0 unspecified atom stereocenters. The summed E-state index contributed by atoms with van der Waals surface area (Å²) in [5.74, 6) is 0.910. The van der Waals surface area contributed by atoms with Crippen molar-refractivity contribution < 1.29 is 0 Å². The van der Waals surface area contributed by atoms with Gasteiger partial charge in [-0.05, 0) is 35.9 Å². The molecule has 2 aromatic rings. The third-order valence-electron chi connectivity index (χ3n) is 2.74. The fourth-order valence-electron chi connectivity index (χ4n) is 1.99. The maximum Gasteiger partial charge on any atom is 0.224 e. The lowest BCUT2D eigenvalue weighted by Crippen LogP contribution is -2.17. The van der Waals surface area contributed by atoms with Crippen molar-refractivity contribution >= 4 is 39.0 Å². The Morgan fingerprint density at radius 2 is 2.31 bits per heavy atom. The molecule has 2 aromatic heterocycles. The molecular weight excluding hydrogens is 242 g/mol. The van der Waals surface area contributed by atoms with Gasteiger partial charge in [-0.25, -0.2) is 4.98 Å². The quantitative estimate of drug-likeness (QED) is 0.727. The number of hydrogen-bond acceptors (Lipinski definition) is 4. The number of fused-ring (bicyclic) bond motifs is 1. The zero-order chi connectivity index (χ0) is 11.1. The zero-order valence-corrected chi connectivity index (χ0v) is 10.2. The van der Waals surface area contributed by atoms with Crippen molar-refractivity contribution in [1.82, 2.24) is 9.97 Å². The van der Waals surface area contributed by atoms with Crippen molar-refractivity contribution in [2.45, 2.75) is 12.8 Å². The first-order valence-electron chi connectivity index (χ1n) is 5.12. The van der Waals surface area contributed by atoms with Crippen LogP contribution in [0, 0.1) is 0 Å². The third kappa shape index (κ3) is 1.49. The zero-order valence-electron chi connectivity index (χ0n) is 8.61. The van der Waals surface area contributed by atoms with Gasteiger partial charge >= 0.3 is 0 Å². The summed E-state index contributed by atoms with van der Waals surface area (Å²) < 4.78 is 1.09. The van der Waals surface area contributed by atoms with Gasteiger partial charge < -0.3 is 4.90 Å². The van der Waals surface area contributed by atoms with Crippen molar-refractivity contribution in [1.29, 1.82) is 0 Å². The minimum atomic E-state index is 0.306. The smallest absolute Gasteiger partial charge is 0.224 e. The summed E-state index contributed by atoms with van der Waals surface area (Å²) in [5, 5.41) is 2.32. The molecule has 0 radical (unpaired) electrons. The van der Waals surface area contributed by atoms with Gasteiger partial charge in [-0.1, -0.05) is 6.58 Å².